The third kappa shape index (κ3) is 1.76. The third-order valence-electron chi connectivity index (χ3n) is 7.71. The lowest BCUT2D eigenvalue weighted by Gasteiger charge is -2.55. The first-order chi connectivity index (χ1) is 9.59. The predicted molar refractivity (Wildman–Crippen MR) is 80.8 cm³/mol. The highest BCUT2D eigenvalue weighted by atomic mass is 16.3. The Bertz CT molecular complexity index is 420. The van der Waals surface area contributed by atoms with Crippen LogP contribution in [0.1, 0.15) is 64.7 Å². The average molecular weight is 275 g/mol. The fourth-order valence-corrected chi connectivity index (χ4v) is 6.64. The van der Waals surface area contributed by atoms with E-state index < -0.39 is 0 Å². The van der Waals surface area contributed by atoms with Crippen molar-refractivity contribution < 1.29 is 5.11 Å². The molecule has 0 radical (unpaired) electrons. The van der Waals surface area contributed by atoms with Gasteiger partial charge in [-0.2, -0.15) is 0 Å². The quantitative estimate of drug-likeness (QED) is 0.689. The summed E-state index contributed by atoms with van der Waals surface area (Å²) in [5.41, 5.74) is 1.31. The fourth-order valence-electron chi connectivity index (χ4n) is 6.64. The summed E-state index contributed by atoms with van der Waals surface area (Å²) < 4.78 is 0. The van der Waals surface area contributed by atoms with Gasteiger partial charge in [0.15, 0.2) is 0 Å². The zero-order chi connectivity index (χ0) is 13.9. The zero-order valence-electron chi connectivity index (χ0n) is 12.8. The normalized spacial score (nSPS) is 55.0. The Balaban J connectivity index is 1.58. The Kier molecular flexibility index (Phi) is 3.03. The molecule has 0 amide bonds. The first kappa shape index (κ1) is 13.3. The molecule has 4 aliphatic rings. The molecule has 0 spiro atoms. The number of rotatable bonds is 0. The van der Waals surface area contributed by atoms with Crippen molar-refractivity contribution in [2.75, 3.05) is 0 Å². The van der Waals surface area contributed by atoms with Crippen LogP contribution in [0, 0.1) is 40.4 Å². The van der Waals surface area contributed by atoms with E-state index in [4.69, 9.17) is 5.41 Å². The smallest absolute Gasteiger partial charge is 0.0543 e. The van der Waals surface area contributed by atoms with Gasteiger partial charge < -0.3 is 10.5 Å². The van der Waals surface area contributed by atoms with E-state index in [0.717, 1.165) is 54.6 Å². The minimum atomic E-state index is -0.0127. The van der Waals surface area contributed by atoms with Gasteiger partial charge in [0.05, 0.1) is 6.10 Å². The van der Waals surface area contributed by atoms with Gasteiger partial charge in [0.1, 0.15) is 0 Å². The van der Waals surface area contributed by atoms with Crippen molar-refractivity contribution in [1.29, 1.82) is 5.41 Å². The molecule has 4 rings (SSSR count). The Morgan fingerprint density at radius 2 is 1.80 bits per heavy atom. The zero-order valence-corrected chi connectivity index (χ0v) is 12.8. The molecule has 0 aromatic rings. The molecule has 2 nitrogen and oxygen atoms in total. The molecule has 0 aliphatic heterocycles. The van der Waals surface area contributed by atoms with E-state index in [0.29, 0.717) is 0 Å². The molecule has 4 aliphatic carbocycles. The van der Waals surface area contributed by atoms with Gasteiger partial charge in [-0.3, -0.25) is 0 Å². The third-order valence-corrected chi connectivity index (χ3v) is 7.71. The molecule has 0 aromatic carbocycles. The van der Waals surface area contributed by atoms with Gasteiger partial charge in [-0.25, -0.2) is 0 Å². The van der Waals surface area contributed by atoms with Crippen molar-refractivity contribution in [3.63, 3.8) is 0 Å². The summed E-state index contributed by atoms with van der Waals surface area (Å²) in [4.78, 5) is 0. The van der Waals surface area contributed by atoms with Crippen LogP contribution in [0.5, 0.6) is 0 Å². The van der Waals surface area contributed by atoms with Crippen molar-refractivity contribution in [3.05, 3.63) is 0 Å². The lowest BCUT2D eigenvalue weighted by Crippen LogP contribution is -2.49. The van der Waals surface area contributed by atoms with Gasteiger partial charge in [-0.15, -0.1) is 0 Å². The van der Waals surface area contributed by atoms with E-state index in [1.165, 1.54) is 38.5 Å². The summed E-state index contributed by atoms with van der Waals surface area (Å²) in [6.45, 7) is 2.39. The van der Waals surface area contributed by atoms with Crippen LogP contribution in [0.25, 0.3) is 0 Å². The van der Waals surface area contributed by atoms with Gasteiger partial charge >= 0.3 is 0 Å². The topological polar surface area (TPSA) is 44.1 Å². The van der Waals surface area contributed by atoms with E-state index in [1.807, 2.05) is 0 Å². The highest BCUT2D eigenvalue weighted by Gasteiger charge is 2.55. The van der Waals surface area contributed by atoms with Crippen LogP contribution in [0.15, 0.2) is 0 Å². The van der Waals surface area contributed by atoms with Gasteiger partial charge in [0.25, 0.3) is 0 Å². The maximum absolute atomic E-state index is 9.94. The van der Waals surface area contributed by atoms with Crippen molar-refractivity contribution in [2.24, 2.45) is 35.0 Å². The summed E-state index contributed by atoms with van der Waals surface area (Å²) in [7, 11) is 0. The van der Waals surface area contributed by atoms with Crippen molar-refractivity contribution in [1.82, 2.24) is 0 Å². The second kappa shape index (κ2) is 4.56. The molecule has 0 bridgehead atoms. The predicted octanol–water partition coefficient (Wildman–Crippen LogP) is 4.02. The first-order valence-corrected chi connectivity index (χ1v) is 8.85. The van der Waals surface area contributed by atoms with E-state index in [1.54, 1.807) is 0 Å². The molecule has 2 heteroatoms. The number of fused-ring (bicyclic) bond motifs is 5. The van der Waals surface area contributed by atoms with Crippen LogP contribution in [-0.2, 0) is 0 Å². The molecular formula is C18H29NO. The molecule has 3 unspecified atom stereocenters. The minimum Gasteiger partial charge on any atom is -0.393 e. The number of hydrogen-bond donors (Lipinski definition) is 2. The Hall–Kier alpha value is -0.370. The SMILES string of the molecule is C[C@]12CCC3C(CC[C@@H]4C[C@H](O)CC[C@H]34)C1CCC2=N. The summed E-state index contributed by atoms with van der Waals surface area (Å²) in [6.07, 6.45) is 11.1. The summed E-state index contributed by atoms with van der Waals surface area (Å²) in [5.74, 6) is 4.33. The lowest BCUT2D eigenvalue weighted by molar-refractivity contribution is -0.0569. The van der Waals surface area contributed by atoms with Crippen LogP contribution in [0.2, 0.25) is 0 Å². The number of nitrogens with one attached hydrogen (secondary N) is 1. The molecule has 0 saturated heterocycles. The molecule has 20 heavy (non-hydrogen) atoms. The number of aliphatic hydroxyl groups excluding tert-OH is 1. The Morgan fingerprint density at radius 1 is 1.00 bits per heavy atom. The first-order valence-electron chi connectivity index (χ1n) is 8.85. The molecular weight excluding hydrogens is 246 g/mol. The van der Waals surface area contributed by atoms with E-state index >= 15 is 0 Å². The second-order valence-electron chi connectivity index (χ2n) is 8.38. The van der Waals surface area contributed by atoms with Gasteiger partial charge in [0, 0.05) is 11.1 Å². The van der Waals surface area contributed by atoms with Crippen LogP contribution >= 0.6 is 0 Å². The molecule has 0 aromatic heterocycles. The molecule has 4 fully saturated rings. The Labute approximate surface area is 122 Å². The summed E-state index contributed by atoms with van der Waals surface area (Å²) in [6, 6.07) is 0. The van der Waals surface area contributed by atoms with Crippen molar-refractivity contribution in [3.8, 4) is 0 Å². The van der Waals surface area contributed by atoms with Crippen LogP contribution < -0.4 is 0 Å². The highest BCUT2D eigenvalue weighted by molar-refractivity contribution is 5.89. The molecule has 2 N–H and O–H groups in total. The number of hydrogen-bond acceptors (Lipinski definition) is 2. The second-order valence-corrected chi connectivity index (χ2v) is 8.38. The summed E-state index contributed by atoms with van der Waals surface area (Å²) in [5, 5.41) is 18.3. The van der Waals surface area contributed by atoms with Crippen LogP contribution in [0.4, 0.5) is 0 Å². The minimum absolute atomic E-state index is 0.0127. The van der Waals surface area contributed by atoms with E-state index in [-0.39, 0.29) is 11.5 Å². The maximum atomic E-state index is 9.94. The molecule has 7 atom stereocenters. The van der Waals surface area contributed by atoms with Crippen molar-refractivity contribution in [2.45, 2.75) is 70.8 Å². The monoisotopic (exact) mass is 275 g/mol. The maximum Gasteiger partial charge on any atom is 0.0543 e. The number of aliphatic hydroxyl groups is 1. The molecule has 4 saturated carbocycles. The standard InChI is InChI=1S/C18H29NO/c1-18-9-8-14-13-5-3-12(20)10-11(13)2-4-15(14)16(18)6-7-17(18)19/h11-16,19-20H,2-10H2,1H3/t11-,12-,13+,14?,15?,16?,18+/m1/s1. The van der Waals surface area contributed by atoms with Crippen LogP contribution in [0.3, 0.4) is 0 Å². The van der Waals surface area contributed by atoms with Crippen LogP contribution in [-0.4, -0.2) is 16.9 Å². The van der Waals surface area contributed by atoms with Crippen molar-refractivity contribution >= 4 is 5.71 Å². The molecule has 0 heterocycles. The van der Waals surface area contributed by atoms with E-state index in [9.17, 15) is 5.11 Å². The molecule has 112 valence electrons. The largest absolute Gasteiger partial charge is 0.393 e. The van der Waals surface area contributed by atoms with Gasteiger partial charge in [0.2, 0.25) is 0 Å². The Morgan fingerprint density at radius 3 is 2.65 bits per heavy atom. The lowest BCUT2D eigenvalue weighted by atomic mass is 9.50. The van der Waals surface area contributed by atoms with Gasteiger partial charge in [-0.1, -0.05) is 6.92 Å². The highest BCUT2D eigenvalue weighted by Crippen LogP contribution is 2.61. The van der Waals surface area contributed by atoms with E-state index in [2.05, 4.69) is 6.92 Å². The average Bonchev–Trinajstić information content (AvgIpc) is 2.74. The van der Waals surface area contributed by atoms with Gasteiger partial charge in [-0.05, 0) is 87.4 Å². The fraction of sp³-hybridized carbons (Fsp3) is 0.944. The summed E-state index contributed by atoms with van der Waals surface area (Å²) >= 11 is 0.